The maximum Gasteiger partial charge on any atom is 0.355 e. The van der Waals surface area contributed by atoms with Crippen molar-refractivity contribution in [1.82, 2.24) is 0 Å². The molecule has 0 aliphatic carbocycles. The van der Waals surface area contributed by atoms with Gasteiger partial charge in [-0.15, -0.1) is 0 Å². The highest BCUT2D eigenvalue weighted by Gasteiger charge is 2.39. The molecule has 6 heteroatoms. The molecule has 0 amide bonds. The van der Waals surface area contributed by atoms with Crippen LogP contribution in [0.2, 0.25) is 0 Å². The van der Waals surface area contributed by atoms with Crippen molar-refractivity contribution >= 4 is 29.2 Å². The first-order valence-corrected chi connectivity index (χ1v) is 8.02. The highest BCUT2D eigenvalue weighted by Crippen LogP contribution is 2.32. The van der Waals surface area contributed by atoms with E-state index in [-0.39, 0.29) is 5.03 Å². The number of aryl methyl sites for hydroxylation is 1. The summed E-state index contributed by atoms with van der Waals surface area (Å²) in [5.41, 5.74) is 2.46. The van der Waals surface area contributed by atoms with Crippen LogP contribution in [0.25, 0.3) is 0 Å². The summed E-state index contributed by atoms with van der Waals surface area (Å²) in [4.78, 5) is 25.9. The van der Waals surface area contributed by atoms with Gasteiger partial charge in [-0.25, -0.2) is 9.59 Å². The van der Waals surface area contributed by atoms with Crippen LogP contribution >= 0.6 is 11.6 Å². The van der Waals surface area contributed by atoms with Crippen LogP contribution in [0.3, 0.4) is 0 Å². The number of hydrogen-bond acceptors (Lipinski definition) is 5. The molecule has 2 aromatic carbocycles. The van der Waals surface area contributed by atoms with Crippen molar-refractivity contribution in [2.24, 2.45) is 0 Å². The van der Waals surface area contributed by atoms with Gasteiger partial charge in [-0.3, -0.25) is 0 Å². The summed E-state index contributed by atoms with van der Waals surface area (Å²) in [7, 11) is 1.72. The smallest absolute Gasteiger partial charge is 0.355 e. The van der Waals surface area contributed by atoms with E-state index < -0.39 is 18.2 Å². The van der Waals surface area contributed by atoms with Crippen molar-refractivity contribution in [3.8, 4) is 0 Å². The minimum atomic E-state index is -1.20. The van der Waals surface area contributed by atoms with E-state index in [4.69, 9.17) is 21.1 Å². The molecule has 128 valence electrons. The zero-order chi connectivity index (χ0) is 18.0. The van der Waals surface area contributed by atoms with E-state index in [2.05, 4.69) is 0 Å². The highest BCUT2D eigenvalue weighted by atomic mass is 35.5. The van der Waals surface area contributed by atoms with Crippen LogP contribution in [0, 0.1) is 6.92 Å². The van der Waals surface area contributed by atoms with E-state index >= 15 is 0 Å². The molecule has 3 rings (SSSR count). The van der Waals surface area contributed by atoms with Crippen LogP contribution in [0.5, 0.6) is 0 Å². The Morgan fingerprint density at radius 3 is 2.40 bits per heavy atom. The largest absolute Gasteiger partial charge is 0.415 e. The van der Waals surface area contributed by atoms with Crippen LogP contribution in [0.1, 0.15) is 15.9 Å². The van der Waals surface area contributed by atoms with Crippen LogP contribution in [-0.2, 0) is 14.3 Å². The van der Waals surface area contributed by atoms with Crippen molar-refractivity contribution in [2.75, 3.05) is 11.9 Å². The monoisotopic (exact) mass is 357 g/mol. The Hall–Kier alpha value is -2.79. The van der Waals surface area contributed by atoms with Crippen LogP contribution in [0.4, 0.5) is 5.69 Å². The number of para-hydroxylation sites is 1. The summed E-state index contributed by atoms with van der Waals surface area (Å²) in [6, 6.07) is 16.2. The second kappa shape index (κ2) is 6.99. The van der Waals surface area contributed by atoms with Gasteiger partial charge < -0.3 is 14.4 Å². The highest BCUT2D eigenvalue weighted by molar-refractivity contribution is 6.42. The number of hydrogen-bond donors (Lipinski definition) is 0. The molecule has 25 heavy (non-hydrogen) atoms. The van der Waals surface area contributed by atoms with Crippen molar-refractivity contribution in [3.05, 3.63) is 76.5 Å². The van der Waals surface area contributed by atoms with Gasteiger partial charge in [0.2, 0.25) is 0 Å². The summed E-state index contributed by atoms with van der Waals surface area (Å²) in [6.07, 6.45) is -1.20. The summed E-state index contributed by atoms with van der Waals surface area (Å²) in [5.74, 6) is -1.32. The molecule has 1 heterocycles. The van der Waals surface area contributed by atoms with Crippen molar-refractivity contribution in [3.63, 3.8) is 0 Å². The lowest BCUT2D eigenvalue weighted by atomic mass is 10.1. The molecule has 1 atom stereocenters. The maximum atomic E-state index is 12.3. The first-order chi connectivity index (χ1) is 12.0. The molecule has 0 fully saturated rings. The van der Waals surface area contributed by atoms with Crippen LogP contribution in [-0.4, -0.2) is 25.3 Å². The third kappa shape index (κ3) is 3.51. The van der Waals surface area contributed by atoms with Gasteiger partial charge in [-0.05, 0) is 31.2 Å². The van der Waals surface area contributed by atoms with Gasteiger partial charge in [0.1, 0.15) is 5.70 Å². The normalized spacial score (nSPS) is 16.6. The van der Waals surface area contributed by atoms with E-state index in [1.54, 1.807) is 36.2 Å². The Bertz CT molecular complexity index is 830. The minimum absolute atomic E-state index is 0.104. The number of carbonyl (C=O) groups is 2. The average molecular weight is 358 g/mol. The van der Waals surface area contributed by atoms with Gasteiger partial charge >= 0.3 is 11.9 Å². The predicted molar refractivity (Wildman–Crippen MR) is 94.2 cm³/mol. The van der Waals surface area contributed by atoms with Gasteiger partial charge in [-0.1, -0.05) is 47.5 Å². The minimum Gasteiger partial charge on any atom is -0.415 e. The molecule has 0 spiro atoms. The van der Waals surface area contributed by atoms with Crippen molar-refractivity contribution < 1.29 is 19.1 Å². The second-order valence-corrected chi connectivity index (χ2v) is 5.98. The Morgan fingerprint density at radius 1 is 1.12 bits per heavy atom. The number of anilines is 1. The third-order valence-corrected chi connectivity index (χ3v) is 4.20. The number of nitrogens with zero attached hydrogens (tertiary/aromatic N) is 1. The molecule has 1 aliphatic heterocycles. The lowest BCUT2D eigenvalue weighted by molar-refractivity contribution is -0.152. The Morgan fingerprint density at radius 2 is 1.76 bits per heavy atom. The van der Waals surface area contributed by atoms with Gasteiger partial charge in [0, 0.05) is 12.7 Å². The molecular formula is C19H16ClNO4. The molecule has 2 aromatic rings. The molecular weight excluding hydrogens is 342 g/mol. The van der Waals surface area contributed by atoms with Gasteiger partial charge in [0.25, 0.3) is 6.29 Å². The summed E-state index contributed by atoms with van der Waals surface area (Å²) >= 11 is 6.09. The molecule has 0 N–H and O–H groups in total. The number of likely N-dealkylation sites (N-methyl/N-ethyl adjacent to an activating group) is 1. The summed E-state index contributed by atoms with van der Waals surface area (Å²) < 4.78 is 10.5. The lowest BCUT2D eigenvalue weighted by Gasteiger charge is -2.24. The molecule has 5 nitrogen and oxygen atoms in total. The maximum absolute atomic E-state index is 12.3. The molecule has 1 aliphatic rings. The Balaban J connectivity index is 1.84. The summed E-state index contributed by atoms with van der Waals surface area (Å²) in [6.45, 7) is 1.92. The zero-order valence-corrected chi connectivity index (χ0v) is 14.5. The molecule has 1 unspecified atom stereocenters. The average Bonchev–Trinajstić information content (AvgIpc) is 2.89. The molecule has 0 bridgehead atoms. The van der Waals surface area contributed by atoms with E-state index in [1.165, 1.54) is 0 Å². The van der Waals surface area contributed by atoms with Crippen molar-refractivity contribution in [1.29, 1.82) is 0 Å². The second-order valence-electron chi connectivity index (χ2n) is 5.60. The van der Waals surface area contributed by atoms with E-state index in [0.717, 1.165) is 11.3 Å². The third-order valence-electron chi connectivity index (χ3n) is 3.85. The predicted octanol–water partition coefficient (Wildman–Crippen LogP) is 3.62. The van der Waals surface area contributed by atoms with Gasteiger partial charge in [0.15, 0.2) is 5.03 Å². The van der Waals surface area contributed by atoms with E-state index in [9.17, 15) is 9.59 Å². The Labute approximate surface area is 150 Å². The molecule has 0 saturated heterocycles. The van der Waals surface area contributed by atoms with E-state index in [1.807, 2.05) is 37.3 Å². The lowest BCUT2D eigenvalue weighted by Crippen LogP contribution is -2.29. The van der Waals surface area contributed by atoms with Crippen LogP contribution in [0.15, 0.2) is 65.3 Å². The fourth-order valence-electron chi connectivity index (χ4n) is 2.44. The fourth-order valence-corrected chi connectivity index (χ4v) is 2.70. The van der Waals surface area contributed by atoms with Gasteiger partial charge in [0.05, 0.1) is 5.56 Å². The number of cyclic esters (lactones) is 1. The van der Waals surface area contributed by atoms with Gasteiger partial charge in [-0.2, -0.15) is 0 Å². The zero-order valence-electron chi connectivity index (χ0n) is 13.7. The van der Waals surface area contributed by atoms with Crippen molar-refractivity contribution in [2.45, 2.75) is 13.2 Å². The SMILES string of the molecule is Cc1ccc(C(=O)OC2OC(=O)C(Cl)=C2N(C)c2ccccc2)cc1. The number of benzene rings is 2. The van der Waals surface area contributed by atoms with E-state index in [0.29, 0.717) is 11.3 Å². The quantitative estimate of drug-likeness (QED) is 0.782. The first kappa shape index (κ1) is 17.0. The fraction of sp³-hybridized carbons (Fsp3) is 0.158. The molecule has 0 radical (unpaired) electrons. The number of halogens is 1. The number of carbonyl (C=O) groups excluding carboxylic acids is 2. The standard InChI is InChI=1S/C19H16ClNO4/c1-12-8-10-13(11-9-12)17(22)24-19-16(15(20)18(23)25-19)21(2)14-6-4-3-5-7-14/h3-11,19H,1-2H3. The van der Waals surface area contributed by atoms with Crippen LogP contribution < -0.4 is 4.90 Å². The summed E-state index contributed by atoms with van der Waals surface area (Å²) in [5, 5.41) is -0.104. The number of ether oxygens (including phenoxy) is 2. The Kier molecular flexibility index (Phi) is 4.76. The number of rotatable bonds is 4. The first-order valence-electron chi connectivity index (χ1n) is 7.64. The number of esters is 2. The topological polar surface area (TPSA) is 55.8 Å². The molecule has 0 aromatic heterocycles. The molecule has 0 saturated carbocycles.